The molecule has 9 nitrogen and oxygen atoms in total. The highest BCUT2D eigenvalue weighted by Crippen LogP contribution is 2.36. The Kier molecular flexibility index (Phi) is 7.77. The van der Waals surface area contributed by atoms with Crippen LogP contribution in [0.2, 0.25) is 0 Å². The third kappa shape index (κ3) is 5.93. The topological polar surface area (TPSA) is 122 Å². The van der Waals surface area contributed by atoms with Gasteiger partial charge in [-0.05, 0) is 33.3 Å². The van der Waals surface area contributed by atoms with E-state index in [9.17, 15) is 24.0 Å². The fourth-order valence-electron chi connectivity index (χ4n) is 3.60. The first-order valence-electron chi connectivity index (χ1n) is 10.2. The fourth-order valence-corrected chi connectivity index (χ4v) is 3.60. The van der Waals surface area contributed by atoms with Crippen molar-refractivity contribution in [3.63, 3.8) is 0 Å². The molecule has 3 atom stereocenters. The summed E-state index contributed by atoms with van der Waals surface area (Å²) >= 11 is 0. The van der Waals surface area contributed by atoms with Crippen molar-refractivity contribution in [2.45, 2.75) is 71.7 Å². The SMILES string of the molecule is C=C(C)C(=O)O[C@H]1C[C@@](C)(OC(C)=O)C(=O)CC/C(C)=C/[C@H]2OC(=O)C(COC(C)=O)=C12. The lowest BCUT2D eigenvalue weighted by atomic mass is 9.83. The van der Waals surface area contributed by atoms with Gasteiger partial charge in [0, 0.05) is 37.8 Å². The number of ether oxygens (including phenoxy) is 4. The van der Waals surface area contributed by atoms with Crippen LogP contribution in [0.25, 0.3) is 0 Å². The Morgan fingerprint density at radius 1 is 1.16 bits per heavy atom. The molecule has 1 aliphatic heterocycles. The van der Waals surface area contributed by atoms with Crippen LogP contribution < -0.4 is 0 Å². The smallest absolute Gasteiger partial charge is 0.338 e. The molecule has 1 heterocycles. The standard InChI is InChI=1S/C23H28O9/c1-12(2)21(27)31-18-10-23(6,32-15(5)25)19(26)8-7-13(3)9-17-20(18)16(22(28)30-17)11-29-14(4)24/h9,17-18H,1,7-8,10-11H2,2-6H3/b13-9+/t17-,18+,23-/m1/s1. The maximum Gasteiger partial charge on any atom is 0.338 e. The molecular weight excluding hydrogens is 420 g/mol. The first-order chi connectivity index (χ1) is 14.8. The summed E-state index contributed by atoms with van der Waals surface area (Å²) in [5, 5.41) is 0. The minimum atomic E-state index is -1.63. The van der Waals surface area contributed by atoms with E-state index in [4.69, 9.17) is 18.9 Å². The molecular formula is C23H28O9. The van der Waals surface area contributed by atoms with Gasteiger partial charge in [0.2, 0.25) is 0 Å². The van der Waals surface area contributed by atoms with Crippen molar-refractivity contribution in [3.8, 4) is 0 Å². The van der Waals surface area contributed by atoms with E-state index in [0.29, 0.717) is 6.42 Å². The lowest BCUT2D eigenvalue weighted by Crippen LogP contribution is -2.45. The monoisotopic (exact) mass is 448 g/mol. The van der Waals surface area contributed by atoms with Gasteiger partial charge >= 0.3 is 23.9 Å². The predicted octanol–water partition coefficient (Wildman–Crippen LogP) is 2.28. The molecule has 0 radical (unpaired) electrons. The van der Waals surface area contributed by atoms with Crippen LogP contribution in [0.3, 0.4) is 0 Å². The Morgan fingerprint density at radius 3 is 2.38 bits per heavy atom. The van der Waals surface area contributed by atoms with Crippen LogP contribution in [0.1, 0.15) is 53.9 Å². The first kappa shape index (κ1) is 25.0. The van der Waals surface area contributed by atoms with Crippen molar-refractivity contribution in [2.75, 3.05) is 6.61 Å². The summed E-state index contributed by atoms with van der Waals surface area (Å²) in [6, 6.07) is 0. The molecule has 0 saturated carbocycles. The van der Waals surface area contributed by atoms with Gasteiger partial charge in [0.1, 0.15) is 18.8 Å². The van der Waals surface area contributed by atoms with Crippen LogP contribution >= 0.6 is 0 Å². The second-order valence-electron chi connectivity index (χ2n) is 8.18. The molecule has 2 aliphatic rings. The zero-order valence-electron chi connectivity index (χ0n) is 18.9. The number of ketones is 1. The van der Waals surface area contributed by atoms with E-state index in [1.165, 1.54) is 27.7 Å². The second kappa shape index (κ2) is 9.93. The van der Waals surface area contributed by atoms with Gasteiger partial charge in [0.15, 0.2) is 11.4 Å². The maximum atomic E-state index is 13.0. The van der Waals surface area contributed by atoms with Gasteiger partial charge in [0.05, 0.1) is 5.57 Å². The van der Waals surface area contributed by atoms with Crippen molar-refractivity contribution in [1.29, 1.82) is 0 Å². The molecule has 9 heteroatoms. The van der Waals surface area contributed by atoms with Gasteiger partial charge in [-0.2, -0.15) is 0 Å². The van der Waals surface area contributed by atoms with Crippen molar-refractivity contribution < 1.29 is 42.9 Å². The molecule has 174 valence electrons. The van der Waals surface area contributed by atoms with E-state index >= 15 is 0 Å². The summed E-state index contributed by atoms with van der Waals surface area (Å²) in [5.41, 5.74) is -0.540. The van der Waals surface area contributed by atoms with Crippen LogP contribution in [0, 0.1) is 0 Å². The lowest BCUT2D eigenvalue weighted by Gasteiger charge is -2.33. The Bertz CT molecular complexity index is 924. The van der Waals surface area contributed by atoms with Crippen LogP contribution in [0.5, 0.6) is 0 Å². The van der Waals surface area contributed by atoms with Crippen molar-refractivity contribution in [2.24, 2.45) is 0 Å². The number of hydrogen-bond donors (Lipinski definition) is 0. The number of esters is 4. The molecule has 0 aromatic rings. The summed E-state index contributed by atoms with van der Waals surface area (Å²) in [5.74, 6) is -3.15. The molecule has 0 aromatic carbocycles. The number of Topliss-reactive ketones (excluding diaryl/α,β-unsaturated/α-hetero) is 1. The molecule has 32 heavy (non-hydrogen) atoms. The zero-order chi connectivity index (χ0) is 24.2. The normalized spacial score (nSPS) is 27.5. The van der Waals surface area contributed by atoms with E-state index in [1.54, 1.807) is 13.0 Å². The highest BCUT2D eigenvalue weighted by Gasteiger charge is 2.46. The molecule has 2 rings (SSSR count). The highest BCUT2D eigenvalue weighted by atomic mass is 16.6. The van der Waals surface area contributed by atoms with Gasteiger partial charge in [-0.15, -0.1) is 0 Å². The highest BCUT2D eigenvalue weighted by molar-refractivity contribution is 5.95. The van der Waals surface area contributed by atoms with Crippen LogP contribution in [-0.4, -0.2) is 54.1 Å². The number of hydrogen-bond acceptors (Lipinski definition) is 9. The van der Waals surface area contributed by atoms with Crippen molar-refractivity contribution in [1.82, 2.24) is 0 Å². The van der Waals surface area contributed by atoms with E-state index in [2.05, 4.69) is 6.58 Å². The van der Waals surface area contributed by atoms with Crippen LogP contribution in [0.4, 0.5) is 0 Å². The summed E-state index contributed by atoms with van der Waals surface area (Å²) in [6.07, 6.45) is -0.233. The number of carbonyl (C=O) groups is 5. The fraction of sp³-hybridized carbons (Fsp3) is 0.522. The minimum absolute atomic E-state index is 0.00645. The minimum Gasteiger partial charge on any atom is -0.461 e. The summed E-state index contributed by atoms with van der Waals surface area (Å²) in [7, 11) is 0. The molecule has 0 fully saturated rings. The van der Waals surface area contributed by atoms with Crippen molar-refractivity contribution >= 4 is 29.7 Å². The summed E-state index contributed by atoms with van der Waals surface area (Å²) < 4.78 is 21.5. The third-order valence-electron chi connectivity index (χ3n) is 5.22. The van der Waals surface area contributed by atoms with E-state index in [0.717, 1.165) is 5.57 Å². The Labute approximate surface area is 186 Å². The second-order valence-corrected chi connectivity index (χ2v) is 8.18. The number of rotatable bonds is 5. The van der Waals surface area contributed by atoms with Gasteiger partial charge in [-0.3, -0.25) is 14.4 Å². The summed E-state index contributed by atoms with van der Waals surface area (Å²) in [4.78, 5) is 61.2. The van der Waals surface area contributed by atoms with Crippen LogP contribution in [0.15, 0.2) is 34.9 Å². The molecule has 0 N–H and O–H groups in total. The summed E-state index contributed by atoms with van der Waals surface area (Å²) in [6.45, 7) is 10.2. The third-order valence-corrected chi connectivity index (χ3v) is 5.22. The van der Waals surface area contributed by atoms with Gasteiger partial charge in [-0.1, -0.05) is 12.2 Å². The van der Waals surface area contributed by atoms with Gasteiger partial charge in [0.25, 0.3) is 0 Å². The lowest BCUT2D eigenvalue weighted by molar-refractivity contribution is -0.168. The first-order valence-corrected chi connectivity index (χ1v) is 10.2. The number of allylic oxidation sites excluding steroid dienone is 1. The largest absolute Gasteiger partial charge is 0.461 e. The van der Waals surface area contributed by atoms with E-state index in [1.807, 2.05) is 0 Å². The molecule has 0 saturated heterocycles. The number of carbonyl (C=O) groups excluding carboxylic acids is 5. The maximum absolute atomic E-state index is 13.0. The Morgan fingerprint density at radius 2 is 1.81 bits per heavy atom. The average Bonchev–Trinajstić information content (AvgIpc) is 2.97. The molecule has 0 unspecified atom stereocenters. The van der Waals surface area contributed by atoms with Gasteiger partial charge < -0.3 is 18.9 Å². The van der Waals surface area contributed by atoms with Gasteiger partial charge in [-0.25, -0.2) is 9.59 Å². The molecule has 0 amide bonds. The zero-order valence-corrected chi connectivity index (χ0v) is 18.9. The molecule has 0 aromatic heterocycles. The predicted molar refractivity (Wildman–Crippen MR) is 111 cm³/mol. The van der Waals surface area contributed by atoms with Crippen LogP contribution in [-0.2, 0) is 42.9 Å². The average molecular weight is 448 g/mol. The molecule has 0 spiro atoms. The Balaban J connectivity index is 2.68. The molecule has 1 aliphatic carbocycles. The van der Waals surface area contributed by atoms with E-state index < -0.39 is 48.3 Å². The van der Waals surface area contributed by atoms with E-state index in [-0.39, 0.29) is 35.3 Å². The molecule has 0 bridgehead atoms. The van der Waals surface area contributed by atoms with Crippen molar-refractivity contribution in [3.05, 3.63) is 34.9 Å². The quantitative estimate of drug-likeness (QED) is 0.270. The number of fused-ring (bicyclic) bond motifs is 1. The Hall–Kier alpha value is -3.23.